The molecular weight excluding hydrogens is 350 g/mol. The molecule has 3 aliphatic heterocycles. The summed E-state index contributed by atoms with van der Waals surface area (Å²) in [6.07, 6.45) is 3.07. The minimum atomic E-state index is -1.04. The van der Waals surface area contributed by atoms with E-state index in [1.807, 2.05) is 13.0 Å². The number of carbonyl (C=O) groups excluding carboxylic acids is 2. The number of fused-ring (bicyclic) bond motifs is 5. The molecule has 5 nitrogen and oxygen atoms in total. The van der Waals surface area contributed by atoms with Crippen molar-refractivity contribution in [2.24, 2.45) is 11.8 Å². The summed E-state index contributed by atoms with van der Waals surface area (Å²) in [5, 5.41) is 9.67. The van der Waals surface area contributed by atoms with Gasteiger partial charge in [-0.25, -0.2) is 4.90 Å². The van der Waals surface area contributed by atoms with E-state index in [0.717, 1.165) is 10.0 Å². The Balaban J connectivity index is 1.77. The highest BCUT2D eigenvalue weighted by Crippen LogP contribution is 2.52. The molecule has 1 aromatic rings. The number of aryl methyl sites for hydroxylation is 1. The van der Waals surface area contributed by atoms with E-state index in [9.17, 15) is 14.7 Å². The number of halogens is 1. The van der Waals surface area contributed by atoms with Gasteiger partial charge >= 0.3 is 0 Å². The van der Waals surface area contributed by atoms with Crippen molar-refractivity contribution < 1.29 is 19.4 Å². The molecule has 2 fully saturated rings. The van der Waals surface area contributed by atoms with E-state index in [0.29, 0.717) is 5.69 Å². The Hall–Kier alpha value is -1.50. The number of ether oxygens (including phenoxy) is 1. The first-order chi connectivity index (χ1) is 10.5. The number of aliphatic hydroxyl groups is 1. The molecule has 0 aromatic heterocycles. The average Bonchev–Trinajstić information content (AvgIpc) is 3.14. The lowest BCUT2D eigenvalue weighted by atomic mass is 9.77. The lowest BCUT2D eigenvalue weighted by Gasteiger charge is -2.26. The van der Waals surface area contributed by atoms with E-state index in [-0.39, 0.29) is 18.4 Å². The molecule has 4 unspecified atom stereocenters. The lowest BCUT2D eigenvalue weighted by molar-refractivity contribution is -0.128. The first kappa shape index (κ1) is 14.1. The molecule has 3 aliphatic rings. The van der Waals surface area contributed by atoms with Crippen molar-refractivity contribution in [1.29, 1.82) is 0 Å². The molecule has 0 aliphatic carbocycles. The molecule has 4 rings (SSSR count). The largest absolute Gasteiger partial charge is 0.393 e. The molecule has 22 heavy (non-hydrogen) atoms. The molecular formula is C16H14BrNO4. The van der Waals surface area contributed by atoms with Gasteiger partial charge in [0, 0.05) is 4.47 Å². The predicted molar refractivity (Wildman–Crippen MR) is 82.2 cm³/mol. The standard InChI is InChI=1S/C16H14BrNO4/c1-8-2-3-9(6-10(8)17)18-14(20)12-11-4-5-16(7-19,22-11)13(12)15(18)21/h2-6,11-13,19H,7H2,1H3. The number of anilines is 1. The highest BCUT2D eigenvalue weighted by atomic mass is 79.9. The second-order valence-electron chi connectivity index (χ2n) is 6.00. The number of hydrogen-bond donors (Lipinski definition) is 1. The summed E-state index contributed by atoms with van der Waals surface area (Å²) in [7, 11) is 0. The SMILES string of the molecule is Cc1ccc(N2C(=O)C3C4C=CC(CO)(O4)C3C2=O)cc1Br. The molecule has 2 saturated heterocycles. The highest BCUT2D eigenvalue weighted by molar-refractivity contribution is 9.10. The summed E-state index contributed by atoms with van der Waals surface area (Å²) in [6, 6.07) is 5.39. The van der Waals surface area contributed by atoms with Crippen LogP contribution in [0, 0.1) is 18.8 Å². The number of amides is 2. The van der Waals surface area contributed by atoms with Crippen LogP contribution in [-0.4, -0.2) is 35.2 Å². The van der Waals surface area contributed by atoms with Gasteiger partial charge in [-0.3, -0.25) is 9.59 Å². The lowest BCUT2D eigenvalue weighted by Crippen LogP contribution is -2.43. The Morgan fingerprint density at radius 3 is 2.82 bits per heavy atom. The Bertz CT molecular complexity index is 731. The van der Waals surface area contributed by atoms with Crippen molar-refractivity contribution in [1.82, 2.24) is 0 Å². The summed E-state index contributed by atoms with van der Waals surface area (Å²) in [5.74, 6) is -1.73. The summed E-state index contributed by atoms with van der Waals surface area (Å²) in [6.45, 7) is 1.64. The van der Waals surface area contributed by atoms with E-state index in [4.69, 9.17) is 4.74 Å². The summed E-state index contributed by atoms with van der Waals surface area (Å²) in [4.78, 5) is 26.8. The Labute approximate surface area is 135 Å². The van der Waals surface area contributed by atoms with Gasteiger partial charge in [-0.15, -0.1) is 0 Å². The number of imide groups is 1. The third-order valence-corrected chi connectivity index (χ3v) is 5.67. The maximum Gasteiger partial charge on any atom is 0.241 e. The molecule has 2 bridgehead atoms. The van der Waals surface area contributed by atoms with Gasteiger partial charge in [-0.2, -0.15) is 0 Å². The molecule has 1 N–H and O–H groups in total. The first-order valence-electron chi connectivity index (χ1n) is 7.10. The minimum Gasteiger partial charge on any atom is -0.393 e. The molecule has 114 valence electrons. The van der Waals surface area contributed by atoms with E-state index in [1.165, 1.54) is 4.90 Å². The van der Waals surface area contributed by atoms with Crippen molar-refractivity contribution in [2.45, 2.75) is 18.6 Å². The molecule has 0 saturated carbocycles. The van der Waals surface area contributed by atoms with Crippen LogP contribution < -0.4 is 4.90 Å². The van der Waals surface area contributed by atoms with E-state index in [1.54, 1.807) is 24.3 Å². The Morgan fingerprint density at radius 1 is 1.36 bits per heavy atom. The highest BCUT2D eigenvalue weighted by Gasteiger charge is 2.67. The quantitative estimate of drug-likeness (QED) is 0.639. The molecule has 6 heteroatoms. The number of aliphatic hydroxyl groups excluding tert-OH is 1. The van der Waals surface area contributed by atoms with Crippen LogP contribution in [0.15, 0.2) is 34.8 Å². The maximum atomic E-state index is 12.8. The van der Waals surface area contributed by atoms with Gasteiger partial charge in [0.1, 0.15) is 5.60 Å². The van der Waals surface area contributed by atoms with Crippen LogP contribution >= 0.6 is 15.9 Å². The van der Waals surface area contributed by atoms with Gasteiger partial charge in [0.25, 0.3) is 0 Å². The van der Waals surface area contributed by atoms with Crippen molar-refractivity contribution in [3.8, 4) is 0 Å². The second-order valence-corrected chi connectivity index (χ2v) is 6.86. The van der Waals surface area contributed by atoms with Crippen LogP contribution in [0.4, 0.5) is 5.69 Å². The monoisotopic (exact) mass is 363 g/mol. The Kier molecular flexibility index (Phi) is 2.89. The zero-order valence-electron chi connectivity index (χ0n) is 11.8. The van der Waals surface area contributed by atoms with Crippen molar-refractivity contribution >= 4 is 33.4 Å². The van der Waals surface area contributed by atoms with E-state index in [2.05, 4.69) is 15.9 Å². The third kappa shape index (κ3) is 1.60. The smallest absolute Gasteiger partial charge is 0.241 e. The van der Waals surface area contributed by atoms with Crippen molar-refractivity contribution in [3.63, 3.8) is 0 Å². The van der Waals surface area contributed by atoms with Gasteiger partial charge in [-0.1, -0.05) is 34.1 Å². The van der Waals surface area contributed by atoms with Gasteiger partial charge < -0.3 is 9.84 Å². The van der Waals surface area contributed by atoms with Gasteiger partial charge in [0.2, 0.25) is 11.8 Å². The zero-order chi connectivity index (χ0) is 15.6. The Morgan fingerprint density at radius 2 is 2.14 bits per heavy atom. The molecule has 2 amide bonds. The molecule has 0 spiro atoms. The molecule has 3 heterocycles. The number of carbonyl (C=O) groups is 2. The fraction of sp³-hybridized carbons (Fsp3) is 0.375. The van der Waals surface area contributed by atoms with Crippen LogP contribution in [0.1, 0.15) is 5.56 Å². The van der Waals surface area contributed by atoms with Crippen molar-refractivity contribution in [3.05, 3.63) is 40.4 Å². The van der Waals surface area contributed by atoms with E-state index >= 15 is 0 Å². The fourth-order valence-corrected chi connectivity index (χ4v) is 4.03. The summed E-state index contributed by atoms with van der Waals surface area (Å²) in [5.41, 5.74) is 0.535. The minimum absolute atomic E-state index is 0.254. The molecule has 4 atom stereocenters. The number of nitrogens with zero attached hydrogens (tertiary/aromatic N) is 1. The molecule has 0 radical (unpaired) electrons. The van der Waals surface area contributed by atoms with Crippen LogP contribution in [-0.2, 0) is 14.3 Å². The predicted octanol–water partition coefficient (Wildman–Crippen LogP) is 1.56. The van der Waals surface area contributed by atoms with E-state index < -0.39 is 23.5 Å². The average molecular weight is 364 g/mol. The van der Waals surface area contributed by atoms with Crippen LogP contribution in [0.3, 0.4) is 0 Å². The third-order valence-electron chi connectivity index (χ3n) is 4.82. The summed E-state index contributed by atoms with van der Waals surface area (Å²) < 4.78 is 6.55. The zero-order valence-corrected chi connectivity index (χ0v) is 13.4. The maximum absolute atomic E-state index is 12.8. The van der Waals surface area contributed by atoms with Crippen LogP contribution in [0.2, 0.25) is 0 Å². The first-order valence-corrected chi connectivity index (χ1v) is 7.90. The van der Waals surface area contributed by atoms with Gasteiger partial charge in [0.05, 0.1) is 30.2 Å². The van der Waals surface area contributed by atoms with Crippen LogP contribution in [0.5, 0.6) is 0 Å². The number of rotatable bonds is 2. The fourth-order valence-electron chi connectivity index (χ4n) is 3.66. The topological polar surface area (TPSA) is 66.8 Å². The second kappa shape index (κ2) is 4.50. The number of hydrogen-bond acceptors (Lipinski definition) is 4. The van der Waals surface area contributed by atoms with Gasteiger partial charge in [-0.05, 0) is 24.6 Å². The number of benzene rings is 1. The van der Waals surface area contributed by atoms with Crippen LogP contribution in [0.25, 0.3) is 0 Å². The normalized spacial score (nSPS) is 35.6. The molecule has 1 aromatic carbocycles. The van der Waals surface area contributed by atoms with Gasteiger partial charge in [0.15, 0.2) is 0 Å². The van der Waals surface area contributed by atoms with Crippen molar-refractivity contribution in [2.75, 3.05) is 11.5 Å². The summed E-state index contributed by atoms with van der Waals surface area (Å²) >= 11 is 3.43.